The van der Waals surface area contributed by atoms with Crippen molar-refractivity contribution in [1.82, 2.24) is 10.2 Å². The molecule has 2 N–H and O–H groups in total. The molecule has 1 aliphatic rings. The van der Waals surface area contributed by atoms with Crippen molar-refractivity contribution in [2.75, 3.05) is 26.2 Å². The Morgan fingerprint density at radius 3 is 2.42 bits per heavy atom. The van der Waals surface area contributed by atoms with Crippen LogP contribution in [0.25, 0.3) is 0 Å². The fourth-order valence-corrected chi connectivity index (χ4v) is 2.76. The first kappa shape index (κ1) is 23.0. The molecular weight excluding hydrogens is 448 g/mol. The van der Waals surface area contributed by atoms with Crippen molar-refractivity contribution >= 4 is 29.9 Å². The fourth-order valence-electron chi connectivity index (χ4n) is 2.76. The second kappa shape index (κ2) is 9.21. The van der Waals surface area contributed by atoms with Crippen molar-refractivity contribution in [3.05, 3.63) is 30.1 Å². The minimum absolute atomic E-state index is 0. The molecule has 0 amide bonds. The number of nitrogens with one attached hydrogen (secondary N) is 1. The van der Waals surface area contributed by atoms with Gasteiger partial charge in [0.25, 0.3) is 0 Å². The predicted molar refractivity (Wildman–Crippen MR) is 114 cm³/mol. The molecule has 0 bridgehead atoms. The number of likely N-dealkylation sites (tertiary alicyclic amines) is 1. The molecule has 1 saturated heterocycles. The van der Waals surface area contributed by atoms with E-state index in [1.54, 1.807) is 12.1 Å². The topological polar surface area (TPSA) is 57.1 Å². The molecule has 2 rings (SSSR count). The molecule has 1 aromatic carbocycles. The highest BCUT2D eigenvalue weighted by atomic mass is 127. The number of nitrogens with zero attached hydrogens (tertiary/aromatic N) is 2. The Morgan fingerprint density at radius 2 is 1.92 bits per heavy atom. The molecule has 1 aromatic rings. The van der Waals surface area contributed by atoms with E-state index in [2.05, 4.69) is 42.9 Å². The maximum atomic E-state index is 12.9. The molecule has 5 nitrogen and oxygen atoms in total. The largest absolute Gasteiger partial charge is 0.491 e. The molecule has 148 valence electrons. The number of ether oxygens (including phenoxy) is 1. The van der Waals surface area contributed by atoms with E-state index < -0.39 is 6.10 Å². The molecule has 1 unspecified atom stereocenters. The van der Waals surface area contributed by atoms with Crippen LogP contribution < -0.4 is 10.1 Å². The van der Waals surface area contributed by atoms with Crippen molar-refractivity contribution in [2.45, 2.75) is 46.3 Å². The van der Waals surface area contributed by atoms with E-state index in [4.69, 9.17) is 4.74 Å². The molecule has 0 spiro atoms. The molecule has 1 heterocycles. The Hall–Kier alpha value is -1.09. The van der Waals surface area contributed by atoms with E-state index in [9.17, 15) is 9.50 Å². The van der Waals surface area contributed by atoms with Crippen LogP contribution in [0, 0.1) is 11.2 Å². The number of aliphatic imine (C=N–C) groups is 1. The van der Waals surface area contributed by atoms with Gasteiger partial charge in [0.2, 0.25) is 0 Å². The van der Waals surface area contributed by atoms with Gasteiger partial charge in [-0.1, -0.05) is 13.8 Å². The van der Waals surface area contributed by atoms with Crippen LogP contribution in [0.4, 0.5) is 4.39 Å². The van der Waals surface area contributed by atoms with Gasteiger partial charge in [0.15, 0.2) is 5.96 Å². The van der Waals surface area contributed by atoms with E-state index in [0.717, 1.165) is 19.0 Å². The molecule has 0 aromatic heterocycles. The highest BCUT2D eigenvalue weighted by Gasteiger charge is 2.53. The quantitative estimate of drug-likeness (QED) is 0.374. The summed E-state index contributed by atoms with van der Waals surface area (Å²) in [5.41, 5.74) is 0.219. The van der Waals surface area contributed by atoms with E-state index in [-0.39, 0.29) is 53.9 Å². The van der Waals surface area contributed by atoms with Crippen LogP contribution in [0.3, 0.4) is 0 Å². The first-order chi connectivity index (χ1) is 11.7. The molecule has 0 saturated carbocycles. The summed E-state index contributed by atoms with van der Waals surface area (Å²) in [6.45, 7) is 13.0. The Balaban J connectivity index is 0.00000338. The zero-order chi connectivity index (χ0) is 18.7. The van der Waals surface area contributed by atoms with Gasteiger partial charge in [-0.3, -0.25) is 4.99 Å². The number of hydrogen-bond acceptors (Lipinski definition) is 3. The number of halogens is 2. The maximum absolute atomic E-state index is 12.9. The summed E-state index contributed by atoms with van der Waals surface area (Å²) in [5, 5.41) is 13.4. The van der Waals surface area contributed by atoms with Gasteiger partial charge in [-0.2, -0.15) is 0 Å². The van der Waals surface area contributed by atoms with Crippen molar-refractivity contribution in [1.29, 1.82) is 0 Å². The van der Waals surface area contributed by atoms with Crippen LogP contribution in [0.1, 0.15) is 34.6 Å². The normalized spacial score (nSPS) is 19.2. The lowest BCUT2D eigenvalue weighted by molar-refractivity contribution is -0.0669. The summed E-state index contributed by atoms with van der Waals surface area (Å²) in [6.07, 6.45) is -0.726. The first-order valence-corrected chi connectivity index (χ1v) is 8.80. The van der Waals surface area contributed by atoms with Gasteiger partial charge in [-0.25, -0.2) is 4.39 Å². The summed E-state index contributed by atoms with van der Waals surface area (Å²) >= 11 is 0. The van der Waals surface area contributed by atoms with Gasteiger partial charge in [-0.15, -0.1) is 24.0 Å². The van der Waals surface area contributed by atoms with E-state index in [1.165, 1.54) is 12.1 Å². The molecule has 7 heteroatoms. The van der Waals surface area contributed by atoms with Gasteiger partial charge in [0.1, 0.15) is 24.3 Å². The average Bonchev–Trinajstić information content (AvgIpc) is 2.56. The van der Waals surface area contributed by atoms with Crippen molar-refractivity contribution < 1.29 is 14.2 Å². The molecule has 26 heavy (non-hydrogen) atoms. The maximum Gasteiger partial charge on any atom is 0.194 e. The third-order valence-electron chi connectivity index (χ3n) is 5.18. The lowest BCUT2D eigenvalue weighted by Gasteiger charge is -2.62. The summed E-state index contributed by atoms with van der Waals surface area (Å²) in [4.78, 5) is 6.80. The summed E-state index contributed by atoms with van der Waals surface area (Å²) in [6, 6.07) is 5.74. The Morgan fingerprint density at radius 1 is 1.31 bits per heavy atom. The predicted octanol–water partition coefficient (Wildman–Crippen LogP) is 3.27. The average molecular weight is 479 g/mol. The van der Waals surface area contributed by atoms with Gasteiger partial charge in [0, 0.05) is 24.0 Å². The van der Waals surface area contributed by atoms with Crippen LogP contribution >= 0.6 is 24.0 Å². The third-order valence-corrected chi connectivity index (χ3v) is 5.18. The third kappa shape index (κ3) is 5.22. The van der Waals surface area contributed by atoms with Crippen molar-refractivity contribution in [3.63, 3.8) is 0 Å². The molecule has 1 fully saturated rings. The van der Waals surface area contributed by atoms with Crippen molar-refractivity contribution in [3.8, 4) is 5.75 Å². The van der Waals surface area contributed by atoms with E-state index >= 15 is 0 Å². The van der Waals surface area contributed by atoms with Crippen LogP contribution in [0.5, 0.6) is 5.75 Å². The highest BCUT2D eigenvalue weighted by Crippen LogP contribution is 2.46. The minimum atomic E-state index is -0.726. The number of hydrogen-bond donors (Lipinski definition) is 2. The lowest BCUT2D eigenvalue weighted by atomic mass is 9.65. The summed E-state index contributed by atoms with van der Waals surface area (Å²) in [5.74, 6) is 1.03. The highest BCUT2D eigenvalue weighted by molar-refractivity contribution is 14.0. The fraction of sp³-hybridized carbons (Fsp3) is 0.632. The zero-order valence-corrected chi connectivity index (χ0v) is 18.6. The van der Waals surface area contributed by atoms with Crippen LogP contribution in [-0.4, -0.2) is 53.9 Å². The van der Waals surface area contributed by atoms with E-state index in [1.807, 2.05) is 6.92 Å². The van der Waals surface area contributed by atoms with Gasteiger partial charge in [0.05, 0.1) is 6.54 Å². The molecule has 1 atom stereocenters. The summed E-state index contributed by atoms with van der Waals surface area (Å²) in [7, 11) is 0. The second-order valence-corrected chi connectivity index (χ2v) is 7.64. The molecule has 0 aliphatic carbocycles. The van der Waals surface area contributed by atoms with Gasteiger partial charge < -0.3 is 20.1 Å². The van der Waals surface area contributed by atoms with Gasteiger partial charge in [-0.05, 0) is 45.0 Å². The molecule has 1 aliphatic heterocycles. The standard InChI is InChI=1S/C19H30FN3O2.HI/c1-6-21-17(23-13-18(2,3)19(23,4)5)22-11-15(24)12-25-16-9-7-14(20)8-10-16;/h7-10,15,24H,6,11-13H2,1-5H3,(H,21,22);1H. The lowest BCUT2D eigenvalue weighted by Crippen LogP contribution is -2.72. The zero-order valence-electron chi connectivity index (χ0n) is 16.3. The molecule has 0 radical (unpaired) electrons. The first-order valence-electron chi connectivity index (χ1n) is 8.80. The number of aliphatic hydroxyl groups is 1. The minimum Gasteiger partial charge on any atom is -0.491 e. The number of guanidine groups is 1. The van der Waals surface area contributed by atoms with E-state index in [0.29, 0.717) is 5.75 Å². The Bertz CT molecular complexity index is 605. The second-order valence-electron chi connectivity index (χ2n) is 7.64. The van der Waals surface area contributed by atoms with Crippen LogP contribution in [0.15, 0.2) is 29.3 Å². The SMILES string of the molecule is CCNC(=NCC(O)COc1ccc(F)cc1)N1CC(C)(C)C1(C)C.I. The molecular formula is C19H31FIN3O2. The van der Waals surface area contributed by atoms with Crippen LogP contribution in [-0.2, 0) is 0 Å². The smallest absolute Gasteiger partial charge is 0.194 e. The Labute approximate surface area is 173 Å². The number of rotatable bonds is 6. The summed E-state index contributed by atoms with van der Waals surface area (Å²) < 4.78 is 18.3. The number of benzene rings is 1. The van der Waals surface area contributed by atoms with Gasteiger partial charge >= 0.3 is 0 Å². The Kier molecular flexibility index (Phi) is 8.13. The van der Waals surface area contributed by atoms with Crippen molar-refractivity contribution in [2.24, 2.45) is 10.4 Å². The monoisotopic (exact) mass is 479 g/mol. The number of aliphatic hydroxyl groups excluding tert-OH is 1. The van der Waals surface area contributed by atoms with Crippen LogP contribution in [0.2, 0.25) is 0 Å².